The molecule has 0 atom stereocenters. The summed E-state index contributed by atoms with van der Waals surface area (Å²) >= 11 is 0. The van der Waals surface area contributed by atoms with Gasteiger partial charge in [-0.25, -0.2) is 0 Å². The summed E-state index contributed by atoms with van der Waals surface area (Å²) in [6.45, 7) is 13.3. The summed E-state index contributed by atoms with van der Waals surface area (Å²) in [7, 11) is 0. The summed E-state index contributed by atoms with van der Waals surface area (Å²) in [4.78, 5) is 28.4. The van der Waals surface area contributed by atoms with E-state index in [2.05, 4.69) is 47.6 Å². The maximum Gasteiger partial charge on any atom is 0.219 e. The third-order valence-electron chi connectivity index (χ3n) is 5.73. The van der Waals surface area contributed by atoms with E-state index in [0.717, 1.165) is 35.7 Å². The van der Waals surface area contributed by atoms with Crippen LogP contribution in [0.25, 0.3) is 5.69 Å². The molecule has 1 saturated heterocycles. The highest BCUT2D eigenvalue weighted by Gasteiger charge is 2.23. The van der Waals surface area contributed by atoms with Gasteiger partial charge in [0.15, 0.2) is 5.78 Å². The summed E-state index contributed by atoms with van der Waals surface area (Å²) in [5.41, 5.74) is 5.25. The van der Waals surface area contributed by atoms with Crippen LogP contribution in [0.15, 0.2) is 30.3 Å². The molecule has 0 spiro atoms. The topological polar surface area (TPSA) is 45.6 Å². The number of rotatable bonds is 5. The van der Waals surface area contributed by atoms with E-state index < -0.39 is 0 Å². The molecule has 1 aliphatic rings. The van der Waals surface area contributed by atoms with Gasteiger partial charge >= 0.3 is 0 Å². The molecular weight excluding hydrogens is 350 g/mol. The maximum atomic E-state index is 13.0. The summed E-state index contributed by atoms with van der Waals surface area (Å²) in [5, 5.41) is 0. The van der Waals surface area contributed by atoms with Crippen molar-refractivity contribution in [2.75, 3.05) is 32.7 Å². The van der Waals surface area contributed by atoms with Crippen molar-refractivity contribution in [1.82, 2.24) is 14.4 Å². The standard InChI is InChI=1S/C23H31N3O2/c1-16(2)20-6-8-21(9-7-20)26-17(3)14-22(18(26)4)23(28)15-24-10-12-25(13-11-24)19(5)27/h6-9,14,16H,10-13,15H2,1-5H3. The molecule has 2 aromatic rings. The third kappa shape index (κ3) is 4.20. The Hall–Kier alpha value is -2.40. The fourth-order valence-electron chi connectivity index (χ4n) is 3.96. The van der Waals surface area contributed by atoms with E-state index in [1.54, 1.807) is 6.92 Å². The minimum Gasteiger partial charge on any atom is -0.340 e. The fourth-order valence-corrected chi connectivity index (χ4v) is 3.96. The van der Waals surface area contributed by atoms with Gasteiger partial charge in [-0.3, -0.25) is 14.5 Å². The minimum atomic E-state index is 0.109. The van der Waals surface area contributed by atoms with Crippen LogP contribution in [0.3, 0.4) is 0 Å². The van der Waals surface area contributed by atoms with E-state index in [-0.39, 0.29) is 11.7 Å². The van der Waals surface area contributed by atoms with Crippen LogP contribution in [0, 0.1) is 13.8 Å². The van der Waals surface area contributed by atoms with Gasteiger partial charge in [0, 0.05) is 55.7 Å². The van der Waals surface area contributed by atoms with E-state index in [1.807, 2.05) is 24.8 Å². The zero-order valence-electron chi connectivity index (χ0n) is 17.7. The number of carbonyl (C=O) groups excluding carboxylic acids is 2. The van der Waals surface area contributed by atoms with Crippen LogP contribution in [0.2, 0.25) is 0 Å². The average Bonchev–Trinajstić information content (AvgIpc) is 2.96. The van der Waals surface area contributed by atoms with Gasteiger partial charge < -0.3 is 9.47 Å². The lowest BCUT2D eigenvalue weighted by atomic mass is 10.0. The van der Waals surface area contributed by atoms with Crippen molar-refractivity contribution in [2.24, 2.45) is 0 Å². The number of aromatic nitrogens is 1. The number of Topliss-reactive ketones (excluding diaryl/α,β-unsaturated/α-hetero) is 1. The number of nitrogens with zero attached hydrogens (tertiary/aromatic N) is 3. The molecule has 0 bridgehead atoms. The van der Waals surface area contributed by atoms with E-state index in [0.29, 0.717) is 25.6 Å². The summed E-state index contributed by atoms with van der Waals surface area (Å²) < 4.78 is 2.16. The number of piperazine rings is 1. The monoisotopic (exact) mass is 381 g/mol. The molecule has 5 nitrogen and oxygen atoms in total. The third-order valence-corrected chi connectivity index (χ3v) is 5.73. The molecule has 28 heavy (non-hydrogen) atoms. The predicted octanol–water partition coefficient (Wildman–Crippen LogP) is 3.56. The first kappa shape index (κ1) is 20.3. The Morgan fingerprint density at radius 3 is 2.14 bits per heavy atom. The van der Waals surface area contributed by atoms with Gasteiger partial charge in [-0.2, -0.15) is 0 Å². The molecule has 0 N–H and O–H groups in total. The molecule has 1 aromatic carbocycles. The van der Waals surface area contributed by atoms with Crippen LogP contribution in [-0.4, -0.2) is 58.8 Å². The van der Waals surface area contributed by atoms with Gasteiger partial charge in [-0.1, -0.05) is 26.0 Å². The van der Waals surface area contributed by atoms with Crippen molar-refractivity contribution in [3.05, 3.63) is 52.8 Å². The second kappa shape index (κ2) is 8.31. The molecule has 2 heterocycles. The van der Waals surface area contributed by atoms with Crippen molar-refractivity contribution in [3.8, 4) is 5.69 Å². The molecule has 5 heteroatoms. The Bertz CT molecular complexity index is 857. The Labute approximate surface area is 167 Å². The van der Waals surface area contributed by atoms with Crippen LogP contribution >= 0.6 is 0 Å². The number of hydrogen-bond acceptors (Lipinski definition) is 3. The second-order valence-corrected chi connectivity index (χ2v) is 8.07. The molecule has 1 fully saturated rings. The Balaban J connectivity index is 1.74. The Morgan fingerprint density at radius 1 is 1.00 bits per heavy atom. The number of hydrogen-bond donors (Lipinski definition) is 0. The Kier molecular flexibility index (Phi) is 6.04. The molecule has 0 unspecified atom stereocenters. The van der Waals surface area contributed by atoms with Crippen LogP contribution in [0.1, 0.15) is 54.0 Å². The fraction of sp³-hybridized carbons (Fsp3) is 0.478. The number of aryl methyl sites for hydroxylation is 1. The quantitative estimate of drug-likeness (QED) is 0.744. The summed E-state index contributed by atoms with van der Waals surface area (Å²) in [6, 6.07) is 10.6. The zero-order valence-corrected chi connectivity index (χ0v) is 17.7. The van der Waals surface area contributed by atoms with Gasteiger partial charge in [0.2, 0.25) is 5.91 Å². The van der Waals surface area contributed by atoms with E-state index in [9.17, 15) is 9.59 Å². The van der Waals surface area contributed by atoms with Gasteiger partial charge in [-0.15, -0.1) is 0 Å². The highest BCUT2D eigenvalue weighted by molar-refractivity contribution is 5.99. The normalized spacial score (nSPS) is 15.3. The van der Waals surface area contributed by atoms with Crippen molar-refractivity contribution in [2.45, 2.75) is 40.5 Å². The lowest BCUT2D eigenvalue weighted by Crippen LogP contribution is -2.49. The molecular formula is C23H31N3O2. The smallest absolute Gasteiger partial charge is 0.219 e. The lowest BCUT2D eigenvalue weighted by Gasteiger charge is -2.33. The number of amides is 1. The van der Waals surface area contributed by atoms with Crippen LogP contribution in [0.4, 0.5) is 0 Å². The van der Waals surface area contributed by atoms with Crippen LogP contribution in [-0.2, 0) is 4.79 Å². The van der Waals surface area contributed by atoms with Crippen molar-refractivity contribution in [3.63, 3.8) is 0 Å². The number of ketones is 1. The van der Waals surface area contributed by atoms with Crippen molar-refractivity contribution >= 4 is 11.7 Å². The van der Waals surface area contributed by atoms with Crippen molar-refractivity contribution < 1.29 is 9.59 Å². The zero-order chi connectivity index (χ0) is 20.4. The highest BCUT2D eigenvalue weighted by atomic mass is 16.2. The Morgan fingerprint density at radius 2 is 1.61 bits per heavy atom. The molecule has 150 valence electrons. The number of carbonyl (C=O) groups is 2. The first-order valence-electron chi connectivity index (χ1n) is 10.1. The molecule has 1 aliphatic heterocycles. The van der Waals surface area contributed by atoms with E-state index >= 15 is 0 Å². The van der Waals surface area contributed by atoms with E-state index in [4.69, 9.17) is 0 Å². The van der Waals surface area contributed by atoms with Gasteiger partial charge in [0.1, 0.15) is 0 Å². The largest absolute Gasteiger partial charge is 0.340 e. The molecule has 0 saturated carbocycles. The lowest BCUT2D eigenvalue weighted by molar-refractivity contribution is -0.130. The first-order chi connectivity index (χ1) is 13.3. The highest BCUT2D eigenvalue weighted by Crippen LogP contribution is 2.23. The van der Waals surface area contributed by atoms with E-state index in [1.165, 1.54) is 5.56 Å². The van der Waals surface area contributed by atoms with Gasteiger partial charge in [-0.05, 0) is 43.5 Å². The van der Waals surface area contributed by atoms with Crippen LogP contribution < -0.4 is 0 Å². The summed E-state index contributed by atoms with van der Waals surface area (Å²) in [6.07, 6.45) is 0. The first-order valence-corrected chi connectivity index (χ1v) is 10.1. The van der Waals surface area contributed by atoms with Crippen molar-refractivity contribution in [1.29, 1.82) is 0 Å². The average molecular weight is 382 g/mol. The van der Waals surface area contributed by atoms with Gasteiger partial charge in [0.05, 0.1) is 6.54 Å². The SMILES string of the molecule is CC(=O)N1CCN(CC(=O)c2cc(C)n(-c3ccc(C(C)C)cc3)c2C)CC1. The molecule has 0 radical (unpaired) electrons. The number of benzene rings is 1. The predicted molar refractivity (Wildman–Crippen MR) is 112 cm³/mol. The molecule has 0 aliphatic carbocycles. The maximum absolute atomic E-state index is 13.0. The van der Waals surface area contributed by atoms with Crippen LogP contribution in [0.5, 0.6) is 0 Å². The second-order valence-electron chi connectivity index (χ2n) is 8.07. The molecule has 1 aromatic heterocycles. The minimum absolute atomic E-state index is 0.109. The molecule has 1 amide bonds. The molecule has 3 rings (SSSR count). The van der Waals surface area contributed by atoms with Gasteiger partial charge in [0.25, 0.3) is 0 Å². The summed E-state index contributed by atoms with van der Waals surface area (Å²) in [5.74, 6) is 0.758.